The molecule has 0 aliphatic carbocycles. The third kappa shape index (κ3) is 4.20. The molecule has 1 unspecified atom stereocenters. The van der Waals surface area contributed by atoms with Crippen molar-refractivity contribution in [3.8, 4) is 5.75 Å². The van der Waals surface area contributed by atoms with Gasteiger partial charge in [0.25, 0.3) is 0 Å². The number of rotatable bonds is 5. The summed E-state index contributed by atoms with van der Waals surface area (Å²) in [4.78, 5) is 0.219. The Morgan fingerprint density at radius 3 is 2.47 bits per heavy atom. The van der Waals surface area contributed by atoms with E-state index in [2.05, 4.69) is 4.18 Å². The first kappa shape index (κ1) is 16.0. The number of hydrogen-bond donors (Lipinski definition) is 0. The van der Waals surface area contributed by atoms with Gasteiger partial charge in [-0.3, -0.25) is 4.21 Å². The lowest BCUT2D eigenvalue weighted by Gasteiger charge is -2.10. The van der Waals surface area contributed by atoms with E-state index >= 15 is 0 Å². The lowest BCUT2D eigenvalue weighted by molar-refractivity contribution is -0.0500. The standard InChI is InChI=1S/C10H11F3O4S2/c1-2-6-18(14)9-5-3-4-8(7-9)17-19(15,16)10(11,12)13/h3-5,7H,2,6H2,1H3. The Labute approximate surface area is 111 Å². The minimum Gasteiger partial charge on any atom is -0.376 e. The molecule has 4 nitrogen and oxygen atoms in total. The first-order valence-corrected chi connectivity index (χ1v) is 7.89. The van der Waals surface area contributed by atoms with Crippen molar-refractivity contribution < 1.29 is 30.0 Å². The molecule has 0 heterocycles. The number of alkyl halides is 3. The number of halogens is 3. The molecule has 1 rings (SSSR count). The summed E-state index contributed by atoms with van der Waals surface area (Å²) in [6.45, 7) is 1.80. The van der Waals surface area contributed by atoms with Crippen molar-refractivity contribution in [2.24, 2.45) is 0 Å². The van der Waals surface area contributed by atoms with Crippen molar-refractivity contribution >= 4 is 20.9 Å². The fourth-order valence-electron chi connectivity index (χ4n) is 1.14. The zero-order valence-corrected chi connectivity index (χ0v) is 11.4. The Morgan fingerprint density at radius 1 is 1.32 bits per heavy atom. The molecule has 9 heteroatoms. The predicted octanol–water partition coefficient (Wildman–Crippen LogP) is 2.43. The maximum atomic E-state index is 12.1. The van der Waals surface area contributed by atoms with Crippen LogP contribution < -0.4 is 4.18 Å². The number of hydrogen-bond acceptors (Lipinski definition) is 4. The van der Waals surface area contributed by atoms with Gasteiger partial charge in [0.2, 0.25) is 0 Å². The second kappa shape index (κ2) is 5.91. The molecule has 0 spiro atoms. The lowest BCUT2D eigenvalue weighted by Crippen LogP contribution is -2.28. The van der Waals surface area contributed by atoms with E-state index in [4.69, 9.17) is 0 Å². The Balaban J connectivity index is 2.99. The second-order valence-electron chi connectivity index (χ2n) is 3.51. The Hall–Kier alpha value is -1.09. The summed E-state index contributed by atoms with van der Waals surface area (Å²) in [7, 11) is -7.10. The monoisotopic (exact) mass is 316 g/mol. The smallest absolute Gasteiger partial charge is 0.376 e. The van der Waals surface area contributed by atoms with E-state index in [1.165, 1.54) is 12.1 Å². The Bertz CT molecular complexity index is 566. The van der Waals surface area contributed by atoms with Gasteiger partial charge in [0.15, 0.2) is 0 Å². The topological polar surface area (TPSA) is 60.4 Å². The molecular formula is C10H11F3O4S2. The van der Waals surface area contributed by atoms with E-state index in [-0.39, 0.29) is 4.90 Å². The van der Waals surface area contributed by atoms with Gasteiger partial charge >= 0.3 is 15.6 Å². The van der Waals surface area contributed by atoms with E-state index in [9.17, 15) is 25.8 Å². The molecule has 0 aliphatic heterocycles. The van der Waals surface area contributed by atoms with Crippen LogP contribution in [0.3, 0.4) is 0 Å². The van der Waals surface area contributed by atoms with Crippen LogP contribution in [0.5, 0.6) is 5.75 Å². The van der Waals surface area contributed by atoms with Crippen LogP contribution in [0.4, 0.5) is 13.2 Å². The van der Waals surface area contributed by atoms with Gasteiger partial charge in [-0.2, -0.15) is 21.6 Å². The Morgan fingerprint density at radius 2 is 1.95 bits per heavy atom. The van der Waals surface area contributed by atoms with Gasteiger partial charge in [-0.25, -0.2) is 0 Å². The first-order chi connectivity index (χ1) is 8.67. The van der Waals surface area contributed by atoms with Crippen molar-refractivity contribution in [3.05, 3.63) is 24.3 Å². The molecule has 1 aromatic rings. The molecule has 0 bridgehead atoms. The minimum absolute atomic E-state index is 0.219. The van der Waals surface area contributed by atoms with Crippen molar-refractivity contribution in [3.63, 3.8) is 0 Å². The van der Waals surface area contributed by atoms with Gasteiger partial charge in [0.1, 0.15) is 5.75 Å². The molecule has 0 N–H and O–H groups in total. The maximum Gasteiger partial charge on any atom is 0.534 e. The molecule has 0 amide bonds. The third-order valence-electron chi connectivity index (χ3n) is 1.95. The van der Waals surface area contributed by atoms with Crippen LogP contribution in [-0.2, 0) is 20.9 Å². The van der Waals surface area contributed by atoms with Crippen LogP contribution in [0.15, 0.2) is 29.2 Å². The van der Waals surface area contributed by atoms with E-state index in [1.807, 2.05) is 0 Å². The van der Waals surface area contributed by atoms with Crippen molar-refractivity contribution in [2.75, 3.05) is 5.75 Å². The molecule has 0 radical (unpaired) electrons. The molecule has 0 saturated carbocycles. The van der Waals surface area contributed by atoms with Gasteiger partial charge < -0.3 is 4.18 Å². The highest BCUT2D eigenvalue weighted by molar-refractivity contribution is 7.88. The molecule has 108 valence electrons. The zero-order chi connectivity index (χ0) is 14.7. The largest absolute Gasteiger partial charge is 0.534 e. The summed E-state index contributed by atoms with van der Waals surface area (Å²) >= 11 is 0. The van der Waals surface area contributed by atoms with Crippen molar-refractivity contribution in [1.29, 1.82) is 0 Å². The van der Waals surface area contributed by atoms with E-state index in [0.717, 1.165) is 12.1 Å². The molecule has 0 aliphatic rings. The number of benzene rings is 1. The van der Waals surface area contributed by atoms with Gasteiger partial charge in [0.05, 0.1) is 10.8 Å². The molecule has 19 heavy (non-hydrogen) atoms. The summed E-state index contributed by atoms with van der Waals surface area (Å²) < 4.78 is 73.6. The van der Waals surface area contributed by atoms with Crippen molar-refractivity contribution in [2.45, 2.75) is 23.7 Å². The molecular weight excluding hydrogens is 305 g/mol. The molecule has 0 aromatic heterocycles. The summed E-state index contributed by atoms with van der Waals surface area (Å²) in [6.07, 6.45) is 0.624. The third-order valence-corrected chi connectivity index (χ3v) is 4.48. The fraction of sp³-hybridized carbons (Fsp3) is 0.400. The van der Waals surface area contributed by atoms with Crippen LogP contribution >= 0.6 is 0 Å². The van der Waals surface area contributed by atoms with Crippen LogP contribution in [0.25, 0.3) is 0 Å². The molecule has 1 atom stereocenters. The van der Waals surface area contributed by atoms with E-state index in [0.29, 0.717) is 12.2 Å². The molecule has 0 fully saturated rings. The highest BCUT2D eigenvalue weighted by atomic mass is 32.2. The highest BCUT2D eigenvalue weighted by Gasteiger charge is 2.48. The average molecular weight is 316 g/mol. The van der Waals surface area contributed by atoms with Gasteiger partial charge in [0, 0.05) is 10.6 Å². The minimum atomic E-state index is -5.70. The first-order valence-electron chi connectivity index (χ1n) is 5.16. The van der Waals surface area contributed by atoms with Crippen LogP contribution in [0.1, 0.15) is 13.3 Å². The normalized spacial score (nSPS) is 14.1. The van der Waals surface area contributed by atoms with E-state index in [1.54, 1.807) is 6.92 Å². The van der Waals surface area contributed by atoms with Crippen molar-refractivity contribution in [1.82, 2.24) is 0 Å². The van der Waals surface area contributed by atoms with Crippen LogP contribution in [0, 0.1) is 0 Å². The van der Waals surface area contributed by atoms with E-state index < -0.39 is 32.2 Å². The average Bonchev–Trinajstić information content (AvgIpc) is 2.27. The zero-order valence-electron chi connectivity index (χ0n) is 9.81. The Kier molecular flexibility index (Phi) is 4.97. The van der Waals surface area contributed by atoms with Crippen LogP contribution in [0.2, 0.25) is 0 Å². The van der Waals surface area contributed by atoms with Gasteiger partial charge in [-0.1, -0.05) is 13.0 Å². The summed E-state index contributed by atoms with van der Waals surface area (Å²) in [6, 6.07) is 4.79. The molecule has 1 aromatic carbocycles. The predicted molar refractivity (Wildman–Crippen MR) is 63.6 cm³/mol. The summed E-state index contributed by atoms with van der Waals surface area (Å²) in [5, 5.41) is 0. The maximum absolute atomic E-state index is 12.1. The highest BCUT2D eigenvalue weighted by Crippen LogP contribution is 2.27. The van der Waals surface area contributed by atoms with Gasteiger partial charge in [-0.05, 0) is 24.6 Å². The lowest BCUT2D eigenvalue weighted by atomic mass is 10.3. The quantitative estimate of drug-likeness (QED) is 0.618. The van der Waals surface area contributed by atoms with Crippen LogP contribution in [-0.4, -0.2) is 23.9 Å². The summed E-state index contributed by atoms with van der Waals surface area (Å²) in [5.41, 5.74) is -5.49. The second-order valence-corrected chi connectivity index (χ2v) is 6.62. The van der Waals surface area contributed by atoms with Gasteiger partial charge in [-0.15, -0.1) is 0 Å². The summed E-state index contributed by atoms with van der Waals surface area (Å²) in [5.74, 6) is -0.186. The molecule has 0 saturated heterocycles. The SMILES string of the molecule is CCCS(=O)c1cccc(OS(=O)(=O)C(F)(F)F)c1. The fourth-order valence-corrected chi connectivity index (χ4v) is 2.68.